The molecule has 1 aromatic heterocycles. The van der Waals surface area contributed by atoms with Crippen LogP contribution in [0.3, 0.4) is 0 Å². The summed E-state index contributed by atoms with van der Waals surface area (Å²) >= 11 is 1.41. The third kappa shape index (κ3) is 3.27. The fourth-order valence-corrected chi connectivity index (χ4v) is 3.86. The predicted molar refractivity (Wildman–Crippen MR) is 90.6 cm³/mol. The summed E-state index contributed by atoms with van der Waals surface area (Å²) in [6.07, 6.45) is 2.79. The molecule has 0 fully saturated rings. The molecule has 3 rings (SSSR count). The van der Waals surface area contributed by atoms with Gasteiger partial charge in [0.05, 0.1) is 22.1 Å². The van der Waals surface area contributed by atoms with Gasteiger partial charge in [-0.2, -0.15) is 0 Å². The molecule has 1 aliphatic carbocycles. The number of anilines is 1. The molecule has 2 atom stereocenters. The van der Waals surface area contributed by atoms with Crippen molar-refractivity contribution in [2.75, 3.05) is 5.32 Å². The molecule has 0 aliphatic heterocycles. The zero-order valence-corrected chi connectivity index (χ0v) is 13.8. The van der Waals surface area contributed by atoms with E-state index in [2.05, 4.69) is 10.3 Å². The van der Waals surface area contributed by atoms with Crippen LogP contribution in [0, 0.1) is 18.8 Å². The van der Waals surface area contributed by atoms with Crippen molar-refractivity contribution in [3.63, 3.8) is 0 Å². The number of carboxylic acid groups (broad SMARTS) is 1. The Morgan fingerprint density at radius 1 is 1.30 bits per heavy atom. The first-order chi connectivity index (χ1) is 10.9. The van der Waals surface area contributed by atoms with Gasteiger partial charge in [0.1, 0.15) is 0 Å². The minimum Gasteiger partial charge on any atom is -0.481 e. The number of carboxylic acids is 1. The monoisotopic (exact) mass is 330 g/mol. The molecular weight excluding hydrogens is 312 g/mol. The number of nitrogens with zero attached hydrogens (tertiary/aromatic N) is 1. The molecule has 2 aromatic rings. The number of fused-ring (bicyclic) bond motifs is 1. The molecule has 0 spiro atoms. The van der Waals surface area contributed by atoms with E-state index in [0.717, 1.165) is 21.4 Å². The number of benzene rings is 1. The first-order valence-corrected chi connectivity index (χ1v) is 8.32. The third-order valence-corrected chi connectivity index (χ3v) is 5.11. The third-order valence-electron chi connectivity index (χ3n) is 4.18. The Balaban J connectivity index is 1.81. The Bertz CT molecular complexity index is 809. The summed E-state index contributed by atoms with van der Waals surface area (Å²) in [5.74, 6) is -2.41. The number of hydrogen-bond donors (Lipinski definition) is 2. The van der Waals surface area contributed by atoms with E-state index < -0.39 is 17.8 Å². The number of amides is 1. The van der Waals surface area contributed by atoms with E-state index in [1.807, 2.05) is 38.1 Å². The molecule has 0 unspecified atom stereocenters. The fraction of sp³-hybridized carbons (Fsp3) is 0.353. The second kappa shape index (κ2) is 6.12. The first kappa shape index (κ1) is 15.7. The topological polar surface area (TPSA) is 79.3 Å². The highest BCUT2D eigenvalue weighted by atomic mass is 32.1. The molecule has 5 nitrogen and oxygen atoms in total. The minimum absolute atomic E-state index is 0.263. The molecule has 1 aliphatic rings. The second-order valence-corrected chi connectivity index (χ2v) is 7.05. The van der Waals surface area contributed by atoms with Crippen molar-refractivity contribution in [3.05, 3.63) is 35.4 Å². The average molecular weight is 330 g/mol. The molecule has 23 heavy (non-hydrogen) atoms. The van der Waals surface area contributed by atoms with Gasteiger partial charge in [-0.15, -0.1) is 0 Å². The van der Waals surface area contributed by atoms with Gasteiger partial charge >= 0.3 is 5.97 Å². The van der Waals surface area contributed by atoms with Crippen molar-refractivity contribution >= 4 is 38.6 Å². The van der Waals surface area contributed by atoms with Crippen molar-refractivity contribution in [1.29, 1.82) is 0 Å². The number of nitrogens with one attached hydrogen (secondary N) is 1. The van der Waals surface area contributed by atoms with Crippen LogP contribution in [0.1, 0.15) is 25.3 Å². The van der Waals surface area contributed by atoms with Crippen LogP contribution in [0.25, 0.3) is 10.2 Å². The van der Waals surface area contributed by atoms with Crippen molar-refractivity contribution in [2.24, 2.45) is 11.8 Å². The van der Waals surface area contributed by atoms with E-state index in [1.165, 1.54) is 11.3 Å². The Labute approximate surface area is 138 Å². The summed E-state index contributed by atoms with van der Waals surface area (Å²) in [7, 11) is 0. The van der Waals surface area contributed by atoms with Crippen molar-refractivity contribution in [2.45, 2.75) is 26.7 Å². The number of rotatable bonds is 3. The number of allylic oxidation sites excluding steroid dienone is 2. The van der Waals surface area contributed by atoms with E-state index in [-0.39, 0.29) is 5.91 Å². The van der Waals surface area contributed by atoms with E-state index in [1.54, 1.807) is 0 Å². The lowest BCUT2D eigenvalue weighted by atomic mass is 9.79. The second-order valence-electron chi connectivity index (χ2n) is 6.02. The summed E-state index contributed by atoms with van der Waals surface area (Å²) in [6, 6.07) is 5.92. The lowest BCUT2D eigenvalue weighted by Gasteiger charge is -2.26. The molecule has 6 heteroatoms. The summed E-state index contributed by atoms with van der Waals surface area (Å²) in [5.41, 5.74) is 3.03. The summed E-state index contributed by atoms with van der Waals surface area (Å²) < 4.78 is 1.01. The fourth-order valence-electron chi connectivity index (χ4n) is 2.90. The molecule has 120 valence electrons. The van der Waals surface area contributed by atoms with Crippen LogP contribution in [0.15, 0.2) is 29.8 Å². The molecule has 1 aromatic carbocycles. The van der Waals surface area contributed by atoms with Crippen molar-refractivity contribution < 1.29 is 14.7 Å². The van der Waals surface area contributed by atoms with Gasteiger partial charge in [-0.1, -0.05) is 29.1 Å². The maximum Gasteiger partial charge on any atom is 0.307 e. The maximum atomic E-state index is 12.5. The van der Waals surface area contributed by atoms with Crippen LogP contribution in [0.5, 0.6) is 0 Å². The number of aliphatic carboxylic acids is 1. The molecular formula is C17H18N2O3S. The number of carbonyl (C=O) groups excluding carboxylic acids is 1. The Morgan fingerprint density at radius 3 is 2.83 bits per heavy atom. The maximum absolute atomic E-state index is 12.5. The largest absolute Gasteiger partial charge is 0.481 e. The van der Waals surface area contributed by atoms with E-state index in [4.69, 9.17) is 0 Å². The predicted octanol–water partition coefficient (Wildman–Crippen LogP) is 3.60. The van der Waals surface area contributed by atoms with Crippen LogP contribution in [-0.2, 0) is 9.59 Å². The molecule has 1 heterocycles. The van der Waals surface area contributed by atoms with E-state index in [9.17, 15) is 14.7 Å². The Hall–Kier alpha value is -2.21. The number of aromatic nitrogens is 1. The number of carbonyl (C=O) groups is 2. The van der Waals surface area contributed by atoms with Gasteiger partial charge in [0.25, 0.3) is 0 Å². The van der Waals surface area contributed by atoms with Gasteiger partial charge in [-0.3, -0.25) is 9.59 Å². The first-order valence-electron chi connectivity index (χ1n) is 7.50. The van der Waals surface area contributed by atoms with Gasteiger partial charge in [-0.25, -0.2) is 4.98 Å². The zero-order valence-electron chi connectivity index (χ0n) is 13.0. The quantitative estimate of drug-likeness (QED) is 0.843. The van der Waals surface area contributed by atoms with Gasteiger partial charge in [-0.05, 0) is 44.4 Å². The molecule has 0 saturated heterocycles. The van der Waals surface area contributed by atoms with E-state index in [0.29, 0.717) is 18.0 Å². The van der Waals surface area contributed by atoms with E-state index >= 15 is 0 Å². The molecule has 1 amide bonds. The standard InChI is InChI=1S/C17H18N2O3S/c1-9-3-5-11(16(21)22)12(7-9)15(20)19-17-18-13-6-4-10(2)8-14(13)23-17/h3-4,6,8,11-12H,5,7H2,1-2H3,(H,21,22)(H,18,19,20)/t11-,12+/m0/s1. The van der Waals surface area contributed by atoms with Crippen LogP contribution in [0.2, 0.25) is 0 Å². The smallest absolute Gasteiger partial charge is 0.307 e. The van der Waals surface area contributed by atoms with Crippen LogP contribution in [-0.4, -0.2) is 22.0 Å². The van der Waals surface area contributed by atoms with Gasteiger partial charge in [0, 0.05) is 0 Å². The number of thiazole rings is 1. The van der Waals surface area contributed by atoms with Crippen LogP contribution < -0.4 is 5.32 Å². The zero-order chi connectivity index (χ0) is 16.6. The van der Waals surface area contributed by atoms with Crippen molar-refractivity contribution in [3.8, 4) is 0 Å². The average Bonchev–Trinajstić information content (AvgIpc) is 2.88. The Kier molecular flexibility index (Phi) is 4.17. The SMILES string of the molecule is CC1=CC[C@H](C(=O)O)[C@H](C(=O)Nc2nc3ccc(C)cc3s2)C1. The number of hydrogen-bond acceptors (Lipinski definition) is 4. The van der Waals surface area contributed by atoms with Crippen LogP contribution >= 0.6 is 11.3 Å². The summed E-state index contributed by atoms with van der Waals surface area (Å²) in [5, 5.41) is 12.7. The summed E-state index contributed by atoms with van der Waals surface area (Å²) in [4.78, 5) is 28.3. The minimum atomic E-state index is -0.922. The highest BCUT2D eigenvalue weighted by Gasteiger charge is 2.35. The van der Waals surface area contributed by atoms with Crippen molar-refractivity contribution in [1.82, 2.24) is 4.98 Å². The van der Waals surface area contributed by atoms with Gasteiger partial charge in [0.2, 0.25) is 5.91 Å². The molecule has 0 radical (unpaired) electrons. The molecule has 0 saturated carbocycles. The van der Waals surface area contributed by atoms with Gasteiger partial charge < -0.3 is 10.4 Å². The van der Waals surface area contributed by atoms with Gasteiger partial charge in [0.15, 0.2) is 5.13 Å². The summed E-state index contributed by atoms with van der Waals surface area (Å²) in [6.45, 7) is 3.94. The molecule has 2 N–H and O–H groups in total. The molecule has 0 bridgehead atoms. The highest BCUT2D eigenvalue weighted by Crippen LogP contribution is 2.32. The number of aryl methyl sites for hydroxylation is 1. The lowest BCUT2D eigenvalue weighted by Crippen LogP contribution is -2.35. The van der Waals surface area contributed by atoms with Crippen LogP contribution in [0.4, 0.5) is 5.13 Å². The normalized spacial score (nSPS) is 21.0. The Morgan fingerprint density at radius 2 is 2.09 bits per heavy atom. The highest BCUT2D eigenvalue weighted by molar-refractivity contribution is 7.22. The lowest BCUT2D eigenvalue weighted by molar-refractivity contribution is -0.146.